The zero-order valence-corrected chi connectivity index (χ0v) is 9.62. The lowest BCUT2D eigenvalue weighted by molar-refractivity contribution is -0.117. The van der Waals surface area contributed by atoms with Crippen LogP contribution < -0.4 is 4.74 Å². The molecule has 0 fully saturated rings. The van der Waals surface area contributed by atoms with Crippen LogP contribution in [0.2, 0.25) is 0 Å². The van der Waals surface area contributed by atoms with Crippen LogP contribution in [-0.4, -0.2) is 12.4 Å². The molecular formula is C13H18O2. The minimum atomic E-state index is 0.164. The summed E-state index contributed by atoms with van der Waals surface area (Å²) < 4.78 is 5.59. The molecule has 0 amide bonds. The molecule has 0 unspecified atom stereocenters. The molecule has 0 N–H and O–H groups in total. The molecule has 0 aliphatic carbocycles. The van der Waals surface area contributed by atoms with E-state index in [9.17, 15) is 4.79 Å². The quantitative estimate of drug-likeness (QED) is 0.739. The third-order valence-electron chi connectivity index (χ3n) is 2.25. The smallest absolute Gasteiger partial charge is 0.133 e. The fourth-order valence-electron chi connectivity index (χ4n) is 1.39. The fraction of sp³-hybridized carbons (Fsp3) is 0.462. The van der Waals surface area contributed by atoms with Gasteiger partial charge in [0.2, 0.25) is 0 Å². The molecule has 2 nitrogen and oxygen atoms in total. The van der Waals surface area contributed by atoms with Gasteiger partial charge in [-0.15, -0.1) is 0 Å². The van der Waals surface area contributed by atoms with Crippen LogP contribution in [0.15, 0.2) is 24.3 Å². The number of rotatable bonds is 5. The summed E-state index contributed by atoms with van der Waals surface area (Å²) in [5, 5.41) is 0. The maximum Gasteiger partial charge on any atom is 0.133 e. The van der Waals surface area contributed by atoms with Crippen molar-refractivity contribution in [2.75, 3.05) is 6.61 Å². The van der Waals surface area contributed by atoms with Crippen molar-refractivity contribution in [3.8, 4) is 5.75 Å². The highest BCUT2D eigenvalue weighted by Gasteiger charge is 2.06. The number of carbonyl (C=O) groups is 1. The molecule has 0 atom stereocenters. The van der Waals surface area contributed by atoms with Gasteiger partial charge in [0.1, 0.15) is 11.5 Å². The number of para-hydroxylation sites is 1. The molecule has 0 spiro atoms. The van der Waals surface area contributed by atoms with E-state index in [0.29, 0.717) is 18.9 Å². The minimum absolute atomic E-state index is 0.164. The summed E-state index contributed by atoms with van der Waals surface area (Å²) in [6.45, 7) is 6.32. The van der Waals surface area contributed by atoms with E-state index in [1.165, 1.54) is 5.56 Å². The van der Waals surface area contributed by atoms with Gasteiger partial charge in [0.15, 0.2) is 0 Å². The number of carbonyl (C=O) groups excluding carboxylic acids is 1. The Labute approximate surface area is 91.3 Å². The van der Waals surface area contributed by atoms with Crippen LogP contribution in [0.5, 0.6) is 5.75 Å². The zero-order chi connectivity index (χ0) is 11.3. The monoisotopic (exact) mass is 206 g/mol. The van der Waals surface area contributed by atoms with E-state index >= 15 is 0 Å². The zero-order valence-electron chi connectivity index (χ0n) is 9.62. The van der Waals surface area contributed by atoms with Gasteiger partial charge in [0.25, 0.3) is 0 Å². The number of hydrogen-bond acceptors (Lipinski definition) is 2. The van der Waals surface area contributed by atoms with Crippen molar-refractivity contribution in [2.45, 2.75) is 33.1 Å². The van der Waals surface area contributed by atoms with E-state index in [2.05, 4.69) is 19.9 Å². The third kappa shape index (κ3) is 3.74. The molecule has 1 aromatic rings. The fourth-order valence-corrected chi connectivity index (χ4v) is 1.39. The van der Waals surface area contributed by atoms with Crippen molar-refractivity contribution in [1.82, 2.24) is 0 Å². The second kappa shape index (κ2) is 5.54. The molecule has 0 aliphatic heterocycles. The third-order valence-corrected chi connectivity index (χ3v) is 2.25. The highest BCUT2D eigenvalue weighted by Crippen LogP contribution is 2.25. The first-order chi connectivity index (χ1) is 7.11. The predicted molar refractivity (Wildman–Crippen MR) is 61.3 cm³/mol. The Morgan fingerprint density at radius 2 is 2.00 bits per heavy atom. The average molecular weight is 206 g/mol. The van der Waals surface area contributed by atoms with Gasteiger partial charge >= 0.3 is 0 Å². The Kier molecular flexibility index (Phi) is 4.35. The molecule has 1 rings (SSSR count). The van der Waals surface area contributed by atoms with E-state index in [4.69, 9.17) is 4.74 Å². The van der Waals surface area contributed by atoms with Crippen LogP contribution in [-0.2, 0) is 4.79 Å². The van der Waals surface area contributed by atoms with E-state index < -0.39 is 0 Å². The Hall–Kier alpha value is -1.31. The molecule has 0 radical (unpaired) electrons. The second-order valence-corrected chi connectivity index (χ2v) is 3.99. The van der Waals surface area contributed by atoms with Crippen molar-refractivity contribution >= 4 is 5.78 Å². The van der Waals surface area contributed by atoms with Crippen LogP contribution in [0, 0.1) is 0 Å². The molecule has 2 heteroatoms. The van der Waals surface area contributed by atoms with Crippen molar-refractivity contribution < 1.29 is 9.53 Å². The second-order valence-electron chi connectivity index (χ2n) is 3.99. The summed E-state index contributed by atoms with van der Waals surface area (Å²) in [7, 11) is 0. The van der Waals surface area contributed by atoms with E-state index in [-0.39, 0.29) is 5.78 Å². The number of benzene rings is 1. The predicted octanol–water partition coefficient (Wildman–Crippen LogP) is 3.17. The SMILES string of the molecule is CC(=O)CCOc1ccccc1C(C)C. The van der Waals surface area contributed by atoms with E-state index in [0.717, 1.165) is 5.75 Å². The molecule has 0 aliphatic rings. The van der Waals surface area contributed by atoms with Crippen LogP contribution >= 0.6 is 0 Å². The minimum Gasteiger partial charge on any atom is -0.493 e. The maximum atomic E-state index is 10.8. The van der Waals surface area contributed by atoms with Gasteiger partial charge in [-0.3, -0.25) is 4.79 Å². The number of hydrogen-bond donors (Lipinski definition) is 0. The Morgan fingerprint density at radius 3 is 2.60 bits per heavy atom. The summed E-state index contributed by atoms with van der Waals surface area (Å²) in [5.41, 5.74) is 1.20. The standard InChI is InChI=1S/C13H18O2/c1-10(2)12-6-4-5-7-13(12)15-9-8-11(3)14/h4-7,10H,8-9H2,1-3H3. The van der Waals surface area contributed by atoms with Gasteiger partial charge in [-0.1, -0.05) is 32.0 Å². The van der Waals surface area contributed by atoms with Crippen LogP contribution in [0.3, 0.4) is 0 Å². The first-order valence-corrected chi connectivity index (χ1v) is 5.32. The molecule has 0 bridgehead atoms. The van der Waals surface area contributed by atoms with E-state index in [1.807, 2.05) is 18.2 Å². The number of Topliss-reactive ketones (excluding diaryl/α,β-unsaturated/α-hetero) is 1. The summed E-state index contributed by atoms with van der Waals surface area (Å²) >= 11 is 0. The maximum absolute atomic E-state index is 10.8. The summed E-state index contributed by atoms with van der Waals surface area (Å²) in [6.07, 6.45) is 0.479. The lowest BCUT2D eigenvalue weighted by Crippen LogP contribution is -2.04. The summed E-state index contributed by atoms with van der Waals surface area (Å²) in [5.74, 6) is 1.50. The van der Waals surface area contributed by atoms with E-state index in [1.54, 1.807) is 6.92 Å². The average Bonchev–Trinajstić information content (AvgIpc) is 2.17. The van der Waals surface area contributed by atoms with Gasteiger partial charge in [-0.05, 0) is 24.5 Å². The normalized spacial score (nSPS) is 10.4. The highest BCUT2D eigenvalue weighted by molar-refractivity contribution is 5.75. The van der Waals surface area contributed by atoms with Gasteiger partial charge in [-0.2, -0.15) is 0 Å². The Balaban J connectivity index is 2.63. The van der Waals surface area contributed by atoms with Gasteiger partial charge < -0.3 is 4.74 Å². The largest absolute Gasteiger partial charge is 0.493 e. The summed E-state index contributed by atoms with van der Waals surface area (Å²) in [6, 6.07) is 7.98. The van der Waals surface area contributed by atoms with Crippen molar-refractivity contribution in [2.24, 2.45) is 0 Å². The van der Waals surface area contributed by atoms with Gasteiger partial charge in [0.05, 0.1) is 6.61 Å². The molecule has 0 heterocycles. The Morgan fingerprint density at radius 1 is 1.33 bits per heavy atom. The van der Waals surface area contributed by atoms with Crippen molar-refractivity contribution in [3.05, 3.63) is 29.8 Å². The van der Waals surface area contributed by atoms with Gasteiger partial charge in [-0.25, -0.2) is 0 Å². The molecule has 0 aromatic heterocycles. The molecule has 0 saturated heterocycles. The van der Waals surface area contributed by atoms with Gasteiger partial charge in [0, 0.05) is 6.42 Å². The van der Waals surface area contributed by atoms with Crippen molar-refractivity contribution in [1.29, 1.82) is 0 Å². The van der Waals surface area contributed by atoms with Crippen molar-refractivity contribution in [3.63, 3.8) is 0 Å². The molecule has 0 saturated carbocycles. The summed E-state index contributed by atoms with van der Waals surface area (Å²) in [4.78, 5) is 10.8. The highest BCUT2D eigenvalue weighted by atomic mass is 16.5. The number of ether oxygens (including phenoxy) is 1. The van der Waals surface area contributed by atoms with Crippen LogP contribution in [0.1, 0.15) is 38.7 Å². The molecular weight excluding hydrogens is 188 g/mol. The van der Waals surface area contributed by atoms with Crippen LogP contribution in [0.4, 0.5) is 0 Å². The molecule has 15 heavy (non-hydrogen) atoms. The lowest BCUT2D eigenvalue weighted by atomic mass is 10.0. The Bertz CT molecular complexity index is 329. The first-order valence-electron chi connectivity index (χ1n) is 5.32. The van der Waals surface area contributed by atoms with Crippen LogP contribution in [0.25, 0.3) is 0 Å². The number of ketones is 1. The lowest BCUT2D eigenvalue weighted by Gasteiger charge is -2.13. The first kappa shape index (κ1) is 11.8. The topological polar surface area (TPSA) is 26.3 Å². The molecule has 82 valence electrons. The molecule has 1 aromatic carbocycles.